The quantitative estimate of drug-likeness (QED) is 0.695. The minimum atomic E-state index is -0.156. The Morgan fingerprint density at radius 1 is 1.19 bits per heavy atom. The third-order valence-corrected chi connectivity index (χ3v) is 4.58. The van der Waals surface area contributed by atoms with Crippen molar-refractivity contribution in [2.45, 2.75) is 32.6 Å². The van der Waals surface area contributed by atoms with E-state index in [9.17, 15) is 4.79 Å². The maximum Gasteiger partial charge on any atom is 0.228 e. The number of carbonyl (C=O) groups is 1. The van der Waals surface area contributed by atoms with Gasteiger partial charge in [0.2, 0.25) is 5.91 Å². The van der Waals surface area contributed by atoms with Gasteiger partial charge in [-0.2, -0.15) is 0 Å². The first-order chi connectivity index (χ1) is 10.1. The lowest BCUT2D eigenvalue weighted by atomic mass is 9.75. The summed E-state index contributed by atoms with van der Waals surface area (Å²) in [5, 5.41) is 3.37. The van der Waals surface area contributed by atoms with Crippen LogP contribution in [0.2, 0.25) is 0 Å². The highest BCUT2D eigenvalue weighted by Gasteiger charge is 2.40. The van der Waals surface area contributed by atoms with Crippen LogP contribution in [0.4, 0.5) is 0 Å². The Morgan fingerprint density at radius 3 is 2.38 bits per heavy atom. The van der Waals surface area contributed by atoms with Crippen molar-refractivity contribution in [2.24, 2.45) is 5.41 Å². The van der Waals surface area contributed by atoms with E-state index < -0.39 is 0 Å². The SMILES string of the molecule is CCC1(C(=O)N(CCCN(C)C)CCOC)CCNCC1. The number of carbonyl (C=O) groups excluding carboxylic acids is 1. The molecular formula is C16H33N3O2. The Morgan fingerprint density at radius 2 is 1.86 bits per heavy atom. The summed E-state index contributed by atoms with van der Waals surface area (Å²) in [4.78, 5) is 17.3. The number of hydrogen-bond donors (Lipinski definition) is 1. The lowest BCUT2D eigenvalue weighted by Crippen LogP contribution is -2.50. The summed E-state index contributed by atoms with van der Waals surface area (Å²) in [7, 11) is 5.84. The number of piperidine rings is 1. The molecule has 0 aliphatic carbocycles. The van der Waals surface area contributed by atoms with E-state index in [1.165, 1.54) is 0 Å². The first kappa shape index (κ1) is 18.4. The molecule has 0 spiro atoms. The van der Waals surface area contributed by atoms with E-state index in [4.69, 9.17) is 4.74 Å². The largest absolute Gasteiger partial charge is 0.383 e. The van der Waals surface area contributed by atoms with Crippen molar-refractivity contribution in [3.8, 4) is 0 Å². The average Bonchev–Trinajstić information content (AvgIpc) is 2.50. The zero-order valence-corrected chi connectivity index (χ0v) is 14.3. The van der Waals surface area contributed by atoms with Crippen molar-refractivity contribution < 1.29 is 9.53 Å². The second-order valence-corrected chi connectivity index (χ2v) is 6.33. The first-order valence-corrected chi connectivity index (χ1v) is 8.19. The van der Waals surface area contributed by atoms with E-state index in [2.05, 4.69) is 31.2 Å². The van der Waals surface area contributed by atoms with Gasteiger partial charge in [0.15, 0.2) is 0 Å². The van der Waals surface area contributed by atoms with E-state index in [0.717, 1.165) is 51.9 Å². The molecule has 124 valence electrons. The van der Waals surface area contributed by atoms with Crippen LogP contribution in [-0.2, 0) is 9.53 Å². The minimum Gasteiger partial charge on any atom is -0.383 e. The second kappa shape index (κ2) is 9.38. The molecule has 0 atom stereocenters. The maximum atomic E-state index is 13.1. The number of nitrogens with one attached hydrogen (secondary N) is 1. The number of hydrogen-bond acceptors (Lipinski definition) is 4. The Kier molecular flexibility index (Phi) is 8.22. The zero-order chi connectivity index (χ0) is 15.7. The van der Waals surface area contributed by atoms with E-state index in [-0.39, 0.29) is 5.41 Å². The van der Waals surface area contributed by atoms with E-state index in [1.807, 2.05) is 4.90 Å². The molecule has 1 aliphatic heterocycles. The number of methoxy groups -OCH3 is 1. The predicted molar refractivity (Wildman–Crippen MR) is 86.5 cm³/mol. The first-order valence-electron chi connectivity index (χ1n) is 8.19. The van der Waals surface area contributed by atoms with Crippen LogP contribution in [-0.4, -0.2) is 76.2 Å². The predicted octanol–water partition coefficient (Wildman–Crippen LogP) is 1.19. The molecule has 5 heteroatoms. The fourth-order valence-corrected chi connectivity index (χ4v) is 3.05. The topological polar surface area (TPSA) is 44.8 Å². The highest BCUT2D eigenvalue weighted by molar-refractivity contribution is 5.83. The molecule has 1 fully saturated rings. The van der Waals surface area contributed by atoms with Gasteiger partial charge in [0.1, 0.15) is 0 Å². The van der Waals surface area contributed by atoms with E-state index in [1.54, 1.807) is 7.11 Å². The fraction of sp³-hybridized carbons (Fsp3) is 0.938. The lowest BCUT2D eigenvalue weighted by Gasteiger charge is -2.39. The van der Waals surface area contributed by atoms with E-state index >= 15 is 0 Å². The Bertz CT molecular complexity index is 302. The van der Waals surface area contributed by atoms with Gasteiger partial charge < -0.3 is 19.9 Å². The summed E-state index contributed by atoms with van der Waals surface area (Å²) < 4.78 is 5.19. The molecule has 1 saturated heterocycles. The van der Waals surface area contributed by atoms with Crippen molar-refractivity contribution in [3.63, 3.8) is 0 Å². The van der Waals surface area contributed by atoms with Crippen molar-refractivity contribution in [1.29, 1.82) is 0 Å². The van der Waals surface area contributed by atoms with Gasteiger partial charge in [-0.15, -0.1) is 0 Å². The van der Waals surface area contributed by atoms with Crippen LogP contribution < -0.4 is 5.32 Å². The molecule has 0 radical (unpaired) electrons. The van der Waals surface area contributed by atoms with Crippen molar-refractivity contribution in [3.05, 3.63) is 0 Å². The number of nitrogens with zero attached hydrogens (tertiary/aromatic N) is 2. The van der Waals surface area contributed by atoms with E-state index in [0.29, 0.717) is 19.1 Å². The Hall–Kier alpha value is -0.650. The van der Waals surface area contributed by atoms with Crippen molar-refractivity contribution >= 4 is 5.91 Å². The molecule has 0 aromatic heterocycles. The fourth-order valence-electron chi connectivity index (χ4n) is 3.05. The summed E-state index contributed by atoms with van der Waals surface area (Å²) in [6, 6.07) is 0. The van der Waals surface area contributed by atoms with Gasteiger partial charge in [-0.25, -0.2) is 0 Å². The summed E-state index contributed by atoms with van der Waals surface area (Å²) in [5.74, 6) is 0.335. The zero-order valence-electron chi connectivity index (χ0n) is 14.3. The van der Waals surface area contributed by atoms with Gasteiger partial charge in [-0.3, -0.25) is 4.79 Å². The van der Waals surface area contributed by atoms with Gasteiger partial charge in [-0.05, 0) is 59.4 Å². The monoisotopic (exact) mass is 299 g/mol. The third-order valence-electron chi connectivity index (χ3n) is 4.58. The molecule has 21 heavy (non-hydrogen) atoms. The van der Waals surface area contributed by atoms with Crippen LogP contribution >= 0.6 is 0 Å². The van der Waals surface area contributed by atoms with Gasteiger partial charge in [0, 0.05) is 20.2 Å². The molecular weight excluding hydrogens is 266 g/mol. The smallest absolute Gasteiger partial charge is 0.228 e. The molecule has 1 N–H and O–H groups in total. The molecule has 1 aliphatic rings. The van der Waals surface area contributed by atoms with Gasteiger partial charge >= 0.3 is 0 Å². The van der Waals surface area contributed by atoms with Gasteiger partial charge in [0.25, 0.3) is 0 Å². The normalized spacial score (nSPS) is 18.0. The van der Waals surface area contributed by atoms with Crippen molar-refractivity contribution in [1.82, 2.24) is 15.1 Å². The van der Waals surface area contributed by atoms with Crippen LogP contribution in [0.1, 0.15) is 32.6 Å². The van der Waals surface area contributed by atoms with Crippen molar-refractivity contribution in [2.75, 3.05) is 60.5 Å². The number of amides is 1. The lowest BCUT2D eigenvalue weighted by molar-refractivity contribution is -0.145. The molecule has 1 heterocycles. The second-order valence-electron chi connectivity index (χ2n) is 6.33. The van der Waals surface area contributed by atoms with Crippen LogP contribution in [0.15, 0.2) is 0 Å². The van der Waals surface area contributed by atoms with Gasteiger partial charge in [-0.1, -0.05) is 6.92 Å². The molecule has 5 nitrogen and oxygen atoms in total. The summed E-state index contributed by atoms with van der Waals surface area (Å²) in [6.07, 6.45) is 3.87. The van der Waals surface area contributed by atoms with Crippen LogP contribution in [0, 0.1) is 5.41 Å². The molecule has 1 rings (SSSR count). The average molecular weight is 299 g/mol. The molecule has 0 unspecified atom stereocenters. The molecule has 1 amide bonds. The summed E-state index contributed by atoms with van der Waals surface area (Å²) in [5.41, 5.74) is -0.156. The third kappa shape index (κ3) is 5.57. The Balaban J connectivity index is 2.67. The molecule has 0 bridgehead atoms. The minimum absolute atomic E-state index is 0.156. The number of ether oxygens (including phenoxy) is 1. The summed E-state index contributed by atoms with van der Waals surface area (Å²) in [6.45, 7) is 7.22. The van der Waals surface area contributed by atoms with Crippen LogP contribution in [0.3, 0.4) is 0 Å². The van der Waals surface area contributed by atoms with Crippen LogP contribution in [0.25, 0.3) is 0 Å². The standard InChI is InChI=1S/C16H33N3O2/c1-5-16(7-9-17-10-8-16)15(20)19(13-14-21-4)12-6-11-18(2)3/h17H,5-14H2,1-4H3. The Labute approximate surface area is 130 Å². The number of rotatable bonds is 9. The highest BCUT2D eigenvalue weighted by Crippen LogP contribution is 2.34. The van der Waals surface area contributed by atoms with Crippen LogP contribution in [0.5, 0.6) is 0 Å². The maximum absolute atomic E-state index is 13.1. The molecule has 0 saturated carbocycles. The summed E-state index contributed by atoms with van der Waals surface area (Å²) >= 11 is 0. The molecule has 0 aromatic carbocycles. The highest BCUT2D eigenvalue weighted by atomic mass is 16.5. The van der Waals surface area contributed by atoms with Gasteiger partial charge in [0.05, 0.1) is 12.0 Å². The molecule has 0 aromatic rings.